The number of aryl methyl sites for hydroxylation is 1. The van der Waals surface area contributed by atoms with Gasteiger partial charge in [-0.15, -0.1) is 0 Å². The number of nitrogens with zero attached hydrogens (tertiary/aromatic N) is 1. The average molecular weight is 261 g/mol. The van der Waals surface area contributed by atoms with Crippen molar-refractivity contribution in [3.8, 4) is 5.75 Å². The number of amides is 1. The van der Waals surface area contributed by atoms with Crippen LogP contribution >= 0.6 is 0 Å². The van der Waals surface area contributed by atoms with Gasteiger partial charge in [0, 0.05) is 11.6 Å². The first kappa shape index (κ1) is 12.0. The zero-order chi connectivity index (χ0) is 13.7. The third-order valence-electron chi connectivity index (χ3n) is 3.79. The summed E-state index contributed by atoms with van der Waals surface area (Å²) in [7, 11) is 1.63. The lowest BCUT2D eigenvalue weighted by Gasteiger charge is -2.35. The van der Waals surface area contributed by atoms with Crippen molar-refractivity contribution in [2.75, 3.05) is 7.11 Å². The fourth-order valence-electron chi connectivity index (χ4n) is 2.86. The van der Waals surface area contributed by atoms with E-state index in [9.17, 15) is 9.59 Å². The first-order chi connectivity index (χ1) is 9.02. The van der Waals surface area contributed by atoms with Gasteiger partial charge in [0.05, 0.1) is 7.11 Å². The first-order valence-corrected chi connectivity index (χ1v) is 6.23. The Morgan fingerprint density at radius 1 is 1.37 bits per heavy atom. The summed E-state index contributed by atoms with van der Waals surface area (Å²) in [6, 6.07) is 3.85. The first-order valence-electron chi connectivity index (χ1n) is 6.23. The second-order valence-electron chi connectivity index (χ2n) is 5.04. The molecule has 0 aliphatic carbocycles. The highest BCUT2D eigenvalue weighted by Gasteiger charge is 2.47. The maximum atomic E-state index is 11.8. The largest absolute Gasteiger partial charge is 0.496 e. The molecule has 2 aliphatic rings. The second kappa shape index (κ2) is 3.98. The second-order valence-corrected chi connectivity index (χ2v) is 5.04. The fraction of sp³-hybridized carbons (Fsp3) is 0.429. The molecule has 1 aromatic rings. The van der Waals surface area contributed by atoms with Gasteiger partial charge in [-0.2, -0.15) is 0 Å². The molecule has 0 spiro atoms. The number of fused-ring (bicyclic) bond motifs is 3. The van der Waals surface area contributed by atoms with Crippen LogP contribution < -0.4 is 4.74 Å². The number of esters is 1. The molecule has 19 heavy (non-hydrogen) atoms. The number of ether oxygens (including phenoxy) is 2. The molecular formula is C14H15NO4. The molecule has 2 atom stereocenters. The minimum absolute atomic E-state index is 0.0520. The Balaban J connectivity index is 2.12. The number of carbonyl (C=O) groups excluding carboxylic acids is 2. The predicted octanol–water partition coefficient (Wildman–Crippen LogP) is 1.33. The van der Waals surface area contributed by atoms with E-state index in [0.29, 0.717) is 6.42 Å². The van der Waals surface area contributed by atoms with Crippen molar-refractivity contribution in [3.05, 3.63) is 28.8 Å². The molecule has 0 unspecified atom stereocenters. The number of methoxy groups -OCH3 is 1. The fourth-order valence-corrected chi connectivity index (χ4v) is 2.86. The number of hydrogen-bond acceptors (Lipinski definition) is 4. The van der Waals surface area contributed by atoms with E-state index < -0.39 is 18.1 Å². The summed E-state index contributed by atoms with van der Waals surface area (Å²) in [5.41, 5.74) is 2.92. The number of carbonyl (C=O) groups is 2. The minimum Gasteiger partial charge on any atom is -0.496 e. The van der Waals surface area contributed by atoms with Crippen molar-refractivity contribution in [3.63, 3.8) is 0 Å². The summed E-state index contributed by atoms with van der Waals surface area (Å²) in [6.07, 6.45) is 0.119. The van der Waals surface area contributed by atoms with Gasteiger partial charge in [0.1, 0.15) is 5.75 Å². The van der Waals surface area contributed by atoms with Crippen LogP contribution in [0.1, 0.15) is 29.8 Å². The summed E-state index contributed by atoms with van der Waals surface area (Å²) in [4.78, 5) is 24.8. The topological polar surface area (TPSA) is 55.8 Å². The molecule has 0 aromatic heterocycles. The van der Waals surface area contributed by atoms with Crippen molar-refractivity contribution in [2.24, 2.45) is 0 Å². The predicted molar refractivity (Wildman–Crippen MR) is 66.6 cm³/mol. The molecule has 1 saturated heterocycles. The van der Waals surface area contributed by atoms with Crippen LogP contribution in [0.3, 0.4) is 0 Å². The molecule has 0 N–H and O–H groups in total. The highest BCUT2D eigenvalue weighted by Crippen LogP contribution is 2.40. The van der Waals surface area contributed by atoms with Gasteiger partial charge in [0.15, 0.2) is 0 Å². The molecule has 0 radical (unpaired) electrons. The van der Waals surface area contributed by atoms with Gasteiger partial charge in [-0.3, -0.25) is 9.69 Å². The van der Waals surface area contributed by atoms with Crippen LogP contribution in [0.15, 0.2) is 12.1 Å². The Kier molecular flexibility index (Phi) is 2.52. The van der Waals surface area contributed by atoms with E-state index in [1.165, 1.54) is 4.90 Å². The number of rotatable bonds is 1. The molecule has 1 aromatic carbocycles. The van der Waals surface area contributed by atoms with Gasteiger partial charge in [-0.25, -0.2) is 4.79 Å². The van der Waals surface area contributed by atoms with Gasteiger partial charge in [0.25, 0.3) is 0 Å². The lowest BCUT2D eigenvalue weighted by molar-refractivity contribution is -0.149. The van der Waals surface area contributed by atoms with E-state index in [1.54, 1.807) is 7.11 Å². The highest BCUT2D eigenvalue weighted by molar-refractivity contribution is 6.34. The van der Waals surface area contributed by atoms with Crippen LogP contribution in [0.4, 0.5) is 0 Å². The smallest absolute Gasteiger partial charge is 0.399 e. The summed E-state index contributed by atoms with van der Waals surface area (Å²) in [5.74, 6) is -0.496. The van der Waals surface area contributed by atoms with Crippen LogP contribution in [-0.2, 0) is 20.7 Å². The molecular weight excluding hydrogens is 246 g/mol. The van der Waals surface area contributed by atoms with Crippen LogP contribution in [0.5, 0.6) is 5.75 Å². The van der Waals surface area contributed by atoms with E-state index in [-0.39, 0.29) is 6.04 Å². The maximum absolute atomic E-state index is 11.8. The Morgan fingerprint density at radius 3 is 2.79 bits per heavy atom. The molecule has 0 bridgehead atoms. The lowest BCUT2D eigenvalue weighted by Crippen LogP contribution is -2.42. The van der Waals surface area contributed by atoms with E-state index in [4.69, 9.17) is 9.47 Å². The van der Waals surface area contributed by atoms with Crippen LogP contribution in [-0.4, -0.2) is 29.9 Å². The van der Waals surface area contributed by atoms with Gasteiger partial charge < -0.3 is 9.47 Å². The van der Waals surface area contributed by atoms with Crippen molar-refractivity contribution in [1.29, 1.82) is 0 Å². The zero-order valence-electron chi connectivity index (χ0n) is 11.1. The van der Waals surface area contributed by atoms with Crippen molar-refractivity contribution in [2.45, 2.75) is 32.5 Å². The van der Waals surface area contributed by atoms with E-state index in [0.717, 1.165) is 22.4 Å². The molecule has 5 nitrogen and oxygen atoms in total. The quantitative estimate of drug-likeness (QED) is 0.565. The molecule has 1 fully saturated rings. The standard InChI is InChI=1S/C14H15NO4/c1-7-4-10-9(6-11(7)18-3)5-8(2)15-12(16)14(17)19-13(10)15/h4,6,8,13H,5H2,1-3H3/t8-,13+/m1/s1. The van der Waals surface area contributed by atoms with E-state index in [1.807, 2.05) is 26.0 Å². The Hall–Kier alpha value is -2.04. The molecule has 100 valence electrons. The lowest BCUT2D eigenvalue weighted by atomic mass is 9.92. The van der Waals surface area contributed by atoms with E-state index in [2.05, 4.69) is 0 Å². The Labute approximate surface area is 111 Å². The van der Waals surface area contributed by atoms with Crippen molar-refractivity contribution in [1.82, 2.24) is 4.90 Å². The third-order valence-corrected chi connectivity index (χ3v) is 3.79. The van der Waals surface area contributed by atoms with E-state index >= 15 is 0 Å². The van der Waals surface area contributed by atoms with Gasteiger partial charge in [-0.1, -0.05) is 0 Å². The van der Waals surface area contributed by atoms with Gasteiger partial charge in [0.2, 0.25) is 6.23 Å². The monoisotopic (exact) mass is 261 g/mol. The zero-order valence-corrected chi connectivity index (χ0v) is 11.1. The molecule has 3 rings (SSSR count). The van der Waals surface area contributed by atoms with Crippen LogP contribution in [0.25, 0.3) is 0 Å². The Bertz CT molecular complexity index is 581. The SMILES string of the molecule is COc1cc2c(cc1C)[C@@H]1OC(=O)C(=O)N1[C@H](C)C2. The summed E-state index contributed by atoms with van der Waals surface area (Å²) in [6.45, 7) is 3.85. The molecule has 1 amide bonds. The average Bonchev–Trinajstić information content (AvgIpc) is 2.67. The van der Waals surface area contributed by atoms with Crippen molar-refractivity contribution < 1.29 is 19.1 Å². The van der Waals surface area contributed by atoms with Crippen molar-refractivity contribution >= 4 is 11.9 Å². The maximum Gasteiger partial charge on any atom is 0.399 e. The molecule has 5 heteroatoms. The minimum atomic E-state index is -0.766. The number of hydrogen-bond donors (Lipinski definition) is 0. The molecule has 2 heterocycles. The summed E-state index contributed by atoms with van der Waals surface area (Å²) < 4.78 is 10.5. The van der Waals surface area contributed by atoms with Crippen LogP contribution in [0.2, 0.25) is 0 Å². The third kappa shape index (κ3) is 1.61. The Morgan fingerprint density at radius 2 is 2.11 bits per heavy atom. The molecule has 2 aliphatic heterocycles. The highest BCUT2D eigenvalue weighted by atomic mass is 16.6. The summed E-state index contributed by atoms with van der Waals surface area (Å²) in [5, 5.41) is 0. The van der Waals surface area contributed by atoms with Gasteiger partial charge in [-0.05, 0) is 43.5 Å². The van der Waals surface area contributed by atoms with Gasteiger partial charge >= 0.3 is 11.9 Å². The molecule has 0 saturated carbocycles. The van der Waals surface area contributed by atoms with Crippen LogP contribution in [0, 0.1) is 6.92 Å². The normalized spacial score (nSPS) is 24.9. The summed E-state index contributed by atoms with van der Waals surface area (Å²) >= 11 is 0. The number of benzene rings is 1.